The van der Waals surface area contributed by atoms with Crippen molar-refractivity contribution in [2.75, 3.05) is 12.8 Å². The molecule has 6 nitrogen and oxygen atoms in total. The number of rotatable bonds is 6. The van der Waals surface area contributed by atoms with Crippen molar-refractivity contribution >= 4 is 17.7 Å². The Bertz CT molecular complexity index is 701. The lowest BCUT2D eigenvalue weighted by molar-refractivity contribution is -0.127. The van der Waals surface area contributed by atoms with Crippen LogP contribution in [0.25, 0.3) is 0 Å². The monoisotopic (exact) mass is 349 g/mol. The van der Waals surface area contributed by atoms with E-state index in [-0.39, 0.29) is 24.0 Å². The van der Waals surface area contributed by atoms with Crippen molar-refractivity contribution in [1.82, 2.24) is 25.1 Å². The molecule has 0 saturated heterocycles. The normalized spacial score (nSPS) is 14.9. The minimum absolute atomic E-state index is 0.0794. The Kier molecular flexibility index (Phi) is 5.44. The Balaban J connectivity index is 1.56. The fourth-order valence-corrected chi connectivity index (χ4v) is 3.75. The molecule has 1 aromatic carbocycles. The molecule has 0 radical (unpaired) electrons. The van der Waals surface area contributed by atoms with Crippen LogP contribution in [0.3, 0.4) is 0 Å². The second-order valence-electron chi connectivity index (χ2n) is 5.97. The number of tetrazole rings is 1. The van der Waals surface area contributed by atoms with Crippen molar-refractivity contribution in [2.45, 2.75) is 43.4 Å². The van der Waals surface area contributed by atoms with Gasteiger partial charge in [0.2, 0.25) is 11.1 Å². The molecule has 3 rings (SSSR count). The van der Waals surface area contributed by atoms with Crippen LogP contribution in [0.4, 0.5) is 4.39 Å². The number of thioether (sulfide) groups is 1. The summed E-state index contributed by atoms with van der Waals surface area (Å²) in [5.41, 5.74) is 0.508. The maximum atomic E-state index is 13.7. The van der Waals surface area contributed by atoms with E-state index in [0.29, 0.717) is 16.8 Å². The molecule has 1 heterocycles. The van der Waals surface area contributed by atoms with Crippen molar-refractivity contribution in [3.8, 4) is 0 Å². The van der Waals surface area contributed by atoms with Crippen LogP contribution in [0.2, 0.25) is 0 Å². The van der Waals surface area contributed by atoms with Gasteiger partial charge in [-0.3, -0.25) is 4.79 Å². The highest BCUT2D eigenvalue weighted by Gasteiger charge is 2.22. The molecule has 0 N–H and O–H groups in total. The molecule has 0 bridgehead atoms. The summed E-state index contributed by atoms with van der Waals surface area (Å²) in [7, 11) is 1.68. The first kappa shape index (κ1) is 16.9. The van der Waals surface area contributed by atoms with Crippen LogP contribution in [0.1, 0.15) is 37.3 Å². The fraction of sp³-hybridized carbons (Fsp3) is 0.500. The Morgan fingerprint density at radius 1 is 1.38 bits per heavy atom. The first-order valence-electron chi connectivity index (χ1n) is 8.03. The first-order valence-corrected chi connectivity index (χ1v) is 9.01. The molecular weight excluding hydrogens is 329 g/mol. The van der Waals surface area contributed by atoms with Gasteiger partial charge in [0.25, 0.3) is 0 Å². The zero-order valence-electron chi connectivity index (χ0n) is 13.6. The molecule has 0 atom stereocenters. The van der Waals surface area contributed by atoms with Crippen molar-refractivity contribution in [3.63, 3.8) is 0 Å². The highest BCUT2D eigenvalue weighted by molar-refractivity contribution is 7.99. The van der Waals surface area contributed by atoms with E-state index in [1.165, 1.54) is 35.6 Å². The van der Waals surface area contributed by atoms with Crippen molar-refractivity contribution in [3.05, 3.63) is 35.6 Å². The summed E-state index contributed by atoms with van der Waals surface area (Å²) in [6, 6.07) is 6.83. The number of halogens is 1. The summed E-state index contributed by atoms with van der Waals surface area (Å²) < 4.78 is 15.5. The molecule has 1 fully saturated rings. The Hall–Kier alpha value is -1.96. The third kappa shape index (κ3) is 3.92. The average molecular weight is 349 g/mol. The van der Waals surface area contributed by atoms with Gasteiger partial charge < -0.3 is 4.90 Å². The molecule has 2 aromatic rings. The van der Waals surface area contributed by atoms with Crippen molar-refractivity contribution in [1.29, 1.82) is 0 Å². The largest absolute Gasteiger partial charge is 0.341 e. The molecule has 8 heteroatoms. The van der Waals surface area contributed by atoms with Crippen LogP contribution in [0, 0.1) is 5.82 Å². The van der Waals surface area contributed by atoms with E-state index in [1.807, 2.05) is 4.68 Å². The van der Waals surface area contributed by atoms with Crippen LogP contribution >= 0.6 is 11.8 Å². The molecule has 1 aliphatic rings. The van der Waals surface area contributed by atoms with E-state index >= 15 is 0 Å². The van der Waals surface area contributed by atoms with Crippen molar-refractivity contribution in [2.24, 2.45) is 0 Å². The molecule has 0 aliphatic heterocycles. The average Bonchev–Trinajstić information content (AvgIpc) is 3.25. The lowest BCUT2D eigenvalue weighted by atomic mass is 10.2. The third-order valence-corrected chi connectivity index (χ3v) is 5.17. The summed E-state index contributed by atoms with van der Waals surface area (Å²) in [6.45, 7) is 0.250. The smallest absolute Gasteiger partial charge is 0.233 e. The number of hydrogen-bond donors (Lipinski definition) is 0. The number of carbonyl (C=O) groups excluding carboxylic acids is 1. The predicted molar refractivity (Wildman–Crippen MR) is 88.9 cm³/mol. The van der Waals surface area contributed by atoms with Gasteiger partial charge >= 0.3 is 0 Å². The maximum absolute atomic E-state index is 13.7. The third-order valence-electron chi connectivity index (χ3n) is 4.25. The molecular formula is C16H20FN5OS. The van der Waals surface area contributed by atoms with Crippen LogP contribution in [-0.2, 0) is 11.3 Å². The highest BCUT2D eigenvalue weighted by atomic mass is 32.2. The molecule has 1 aromatic heterocycles. The number of aromatic nitrogens is 4. The zero-order chi connectivity index (χ0) is 16.9. The second-order valence-corrected chi connectivity index (χ2v) is 6.92. The van der Waals surface area contributed by atoms with E-state index in [2.05, 4.69) is 15.5 Å². The molecule has 24 heavy (non-hydrogen) atoms. The topological polar surface area (TPSA) is 63.9 Å². The Morgan fingerprint density at radius 2 is 2.12 bits per heavy atom. The van der Waals surface area contributed by atoms with Crippen molar-refractivity contribution < 1.29 is 9.18 Å². The van der Waals surface area contributed by atoms with Gasteiger partial charge in [-0.2, -0.15) is 0 Å². The molecule has 0 spiro atoms. The van der Waals surface area contributed by atoms with E-state index in [9.17, 15) is 9.18 Å². The molecule has 128 valence electrons. The zero-order valence-corrected chi connectivity index (χ0v) is 14.4. The lowest BCUT2D eigenvalue weighted by Gasteiger charge is -2.17. The molecule has 1 saturated carbocycles. The summed E-state index contributed by atoms with van der Waals surface area (Å²) in [5, 5.41) is 12.5. The van der Waals surface area contributed by atoms with Crippen LogP contribution < -0.4 is 0 Å². The van der Waals surface area contributed by atoms with Gasteiger partial charge in [-0.05, 0) is 29.3 Å². The van der Waals surface area contributed by atoms with Gasteiger partial charge in [0.1, 0.15) is 5.82 Å². The van der Waals surface area contributed by atoms with E-state index in [4.69, 9.17) is 0 Å². The number of nitrogens with zero attached hydrogens (tertiary/aromatic N) is 5. The first-order chi connectivity index (χ1) is 11.6. The highest BCUT2D eigenvalue weighted by Crippen LogP contribution is 2.31. The van der Waals surface area contributed by atoms with E-state index in [1.54, 1.807) is 25.2 Å². The van der Waals surface area contributed by atoms with Crippen LogP contribution in [0.15, 0.2) is 29.4 Å². The van der Waals surface area contributed by atoms with Gasteiger partial charge in [-0.25, -0.2) is 9.07 Å². The summed E-state index contributed by atoms with van der Waals surface area (Å²) in [4.78, 5) is 13.8. The number of carbonyl (C=O) groups is 1. The summed E-state index contributed by atoms with van der Waals surface area (Å²) in [5.74, 6) is -0.142. The van der Waals surface area contributed by atoms with Gasteiger partial charge in [0, 0.05) is 19.2 Å². The quantitative estimate of drug-likeness (QED) is 0.750. The van der Waals surface area contributed by atoms with E-state index < -0.39 is 0 Å². The van der Waals surface area contributed by atoms with Crippen LogP contribution in [0.5, 0.6) is 0 Å². The van der Waals surface area contributed by atoms with E-state index in [0.717, 1.165) is 12.8 Å². The van der Waals surface area contributed by atoms with Gasteiger partial charge in [-0.1, -0.05) is 42.8 Å². The Morgan fingerprint density at radius 3 is 2.88 bits per heavy atom. The van der Waals surface area contributed by atoms with Gasteiger partial charge in [-0.15, -0.1) is 5.10 Å². The minimum atomic E-state index is -0.296. The number of benzene rings is 1. The second kappa shape index (κ2) is 7.74. The number of amides is 1. The predicted octanol–water partition coefficient (Wildman–Crippen LogP) is 2.68. The standard InChI is InChI=1S/C16H20FN5OS/c1-21(10-12-6-2-5-9-14(12)17)15(23)11-24-16-18-19-20-22(16)13-7-3-4-8-13/h2,5-6,9,13H,3-4,7-8,10-11H2,1H3. The Labute approximate surface area is 144 Å². The molecule has 1 amide bonds. The van der Waals surface area contributed by atoms with Gasteiger partial charge in [0.15, 0.2) is 0 Å². The maximum Gasteiger partial charge on any atom is 0.233 e. The SMILES string of the molecule is CN(Cc1ccccc1F)C(=O)CSc1nnnn1C1CCCC1. The molecule has 1 aliphatic carbocycles. The number of hydrogen-bond acceptors (Lipinski definition) is 5. The van der Waals surface area contributed by atoms with Gasteiger partial charge in [0.05, 0.1) is 11.8 Å². The van der Waals surface area contributed by atoms with Crippen LogP contribution in [-0.4, -0.2) is 43.8 Å². The molecule has 0 unspecified atom stereocenters. The fourth-order valence-electron chi connectivity index (χ4n) is 2.87. The lowest BCUT2D eigenvalue weighted by Crippen LogP contribution is -2.28. The minimum Gasteiger partial charge on any atom is -0.341 e. The summed E-state index contributed by atoms with van der Waals surface area (Å²) >= 11 is 1.33. The summed E-state index contributed by atoms with van der Waals surface area (Å²) in [6.07, 6.45) is 4.55.